The van der Waals surface area contributed by atoms with Gasteiger partial charge in [-0.2, -0.15) is 0 Å². The Morgan fingerprint density at radius 2 is 2.06 bits per heavy atom. The zero-order valence-corrected chi connectivity index (χ0v) is 10.4. The number of rotatable bonds is 2. The van der Waals surface area contributed by atoms with E-state index in [0.29, 0.717) is 0 Å². The molecule has 3 nitrogen and oxygen atoms in total. The Kier molecular flexibility index (Phi) is 3.05. The fraction of sp³-hybridized carbons (Fsp3) is 0.385. The average Bonchev–Trinajstić information content (AvgIpc) is 2.74. The minimum absolute atomic E-state index is 0.825. The van der Waals surface area contributed by atoms with E-state index in [1.54, 1.807) is 0 Å². The normalized spacial score (nSPS) is 17.7. The standard InChI is InChI=1S/C13H16ClN3/c14-11-8-16-12-3-1-2-10(13(11)12)9-17-6-4-15-5-7-17/h1-3,8,15-16H,4-7,9H2. The molecule has 2 heterocycles. The largest absolute Gasteiger partial charge is 0.360 e. The van der Waals surface area contributed by atoms with Gasteiger partial charge in [-0.3, -0.25) is 4.90 Å². The molecule has 0 radical (unpaired) electrons. The van der Waals surface area contributed by atoms with Crippen molar-refractivity contribution in [3.05, 3.63) is 35.0 Å². The van der Waals surface area contributed by atoms with Gasteiger partial charge in [-0.1, -0.05) is 23.7 Å². The van der Waals surface area contributed by atoms with Crippen LogP contribution in [0.25, 0.3) is 10.9 Å². The second-order valence-electron chi connectivity index (χ2n) is 4.50. The number of nitrogens with zero attached hydrogens (tertiary/aromatic N) is 1. The van der Waals surface area contributed by atoms with Crippen LogP contribution in [0.1, 0.15) is 5.56 Å². The van der Waals surface area contributed by atoms with E-state index >= 15 is 0 Å². The van der Waals surface area contributed by atoms with Gasteiger partial charge in [-0.15, -0.1) is 0 Å². The number of H-pyrrole nitrogens is 1. The van der Waals surface area contributed by atoms with Gasteiger partial charge in [-0.25, -0.2) is 0 Å². The Morgan fingerprint density at radius 3 is 2.88 bits per heavy atom. The van der Waals surface area contributed by atoms with Crippen molar-refractivity contribution in [2.45, 2.75) is 6.54 Å². The van der Waals surface area contributed by atoms with Crippen LogP contribution in [0.5, 0.6) is 0 Å². The van der Waals surface area contributed by atoms with Crippen molar-refractivity contribution in [2.24, 2.45) is 0 Å². The molecule has 0 unspecified atom stereocenters. The topological polar surface area (TPSA) is 31.1 Å². The second kappa shape index (κ2) is 4.69. The highest BCUT2D eigenvalue weighted by atomic mass is 35.5. The molecule has 1 fully saturated rings. The van der Waals surface area contributed by atoms with Crippen molar-refractivity contribution in [3.63, 3.8) is 0 Å². The van der Waals surface area contributed by atoms with Crippen LogP contribution in [-0.2, 0) is 6.54 Å². The fourth-order valence-electron chi connectivity index (χ4n) is 2.46. The summed E-state index contributed by atoms with van der Waals surface area (Å²) in [6, 6.07) is 6.33. The zero-order valence-electron chi connectivity index (χ0n) is 9.67. The summed E-state index contributed by atoms with van der Waals surface area (Å²) in [5.74, 6) is 0. The molecule has 1 aromatic carbocycles. The van der Waals surface area contributed by atoms with E-state index < -0.39 is 0 Å². The molecular weight excluding hydrogens is 234 g/mol. The molecule has 0 saturated carbocycles. The molecule has 2 N–H and O–H groups in total. The van der Waals surface area contributed by atoms with Crippen molar-refractivity contribution < 1.29 is 0 Å². The first-order chi connectivity index (χ1) is 8.34. The Balaban J connectivity index is 1.91. The molecule has 1 aromatic heterocycles. The lowest BCUT2D eigenvalue weighted by Gasteiger charge is -2.27. The number of halogens is 1. The van der Waals surface area contributed by atoms with Gasteiger partial charge < -0.3 is 10.3 Å². The van der Waals surface area contributed by atoms with Crippen LogP contribution in [0.3, 0.4) is 0 Å². The minimum Gasteiger partial charge on any atom is -0.360 e. The fourth-order valence-corrected chi connectivity index (χ4v) is 2.74. The first-order valence-electron chi connectivity index (χ1n) is 6.02. The summed E-state index contributed by atoms with van der Waals surface area (Å²) >= 11 is 6.23. The minimum atomic E-state index is 0.825. The van der Waals surface area contributed by atoms with Crippen LogP contribution in [-0.4, -0.2) is 36.1 Å². The van der Waals surface area contributed by atoms with E-state index in [1.165, 1.54) is 10.9 Å². The van der Waals surface area contributed by atoms with Gasteiger partial charge in [0, 0.05) is 49.8 Å². The summed E-state index contributed by atoms with van der Waals surface area (Å²) in [5, 5.41) is 5.37. The lowest BCUT2D eigenvalue weighted by molar-refractivity contribution is 0.234. The third kappa shape index (κ3) is 2.18. The third-order valence-electron chi connectivity index (χ3n) is 3.35. The van der Waals surface area contributed by atoms with Crippen LogP contribution in [0.4, 0.5) is 0 Å². The Hall–Kier alpha value is -1.03. The highest BCUT2D eigenvalue weighted by molar-refractivity contribution is 6.35. The molecule has 0 amide bonds. The van der Waals surface area contributed by atoms with E-state index in [1.807, 2.05) is 6.20 Å². The van der Waals surface area contributed by atoms with Gasteiger partial charge >= 0.3 is 0 Å². The van der Waals surface area contributed by atoms with E-state index in [4.69, 9.17) is 11.6 Å². The van der Waals surface area contributed by atoms with Crippen molar-refractivity contribution in [2.75, 3.05) is 26.2 Å². The molecule has 2 aromatic rings. The SMILES string of the molecule is Clc1c[nH]c2cccc(CN3CCNCC3)c12. The number of fused-ring (bicyclic) bond motifs is 1. The third-order valence-corrected chi connectivity index (χ3v) is 3.65. The Bertz CT molecular complexity index is 514. The maximum atomic E-state index is 6.23. The molecule has 17 heavy (non-hydrogen) atoms. The molecule has 1 aliphatic rings. The van der Waals surface area contributed by atoms with Crippen molar-refractivity contribution in [1.29, 1.82) is 0 Å². The van der Waals surface area contributed by atoms with Crippen LogP contribution >= 0.6 is 11.6 Å². The zero-order chi connectivity index (χ0) is 11.7. The molecule has 4 heteroatoms. The first-order valence-corrected chi connectivity index (χ1v) is 6.40. The number of aromatic nitrogens is 1. The van der Waals surface area contributed by atoms with Crippen molar-refractivity contribution in [1.82, 2.24) is 15.2 Å². The van der Waals surface area contributed by atoms with E-state index in [-0.39, 0.29) is 0 Å². The highest BCUT2D eigenvalue weighted by Crippen LogP contribution is 2.27. The Labute approximate surface area is 106 Å². The summed E-state index contributed by atoms with van der Waals surface area (Å²) < 4.78 is 0. The lowest BCUT2D eigenvalue weighted by atomic mass is 10.1. The summed E-state index contributed by atoms with van der Waals surface area (Å²) in [4.78, 5) is 5.67. The van der Waals surface area contributed by atoms with Gasteiger partial charge in [0.1, 0.15) is 0 Å². The van der Waals surface area contributed by atoms with Gasteiger partial charge in [-0.05, 0) is 11.6 Å². The van der Waals surface area contributed by atoms with E-state index in [0.717, 1.165) is 43.3 Å². The summed E-state index contributed by atoms with van der Waals surface area (Å²) in [5.41, 5.74) is 2.44. The number of aromatic amines is 1. The van der Waals surface area contributed by atoms with Crippen LogP contribution < -0.4 is 5.32 Å². The smallest absolute Gasteiger partial charge is 0.0662 e. The first kappa shape index (κ1) is 11.1. The molecule has 0 bridgehead atoms. The van der Waals surface area contributed by atoms with Gasteiger partial charge in [0.15, 0.2) is 0 Å². The predicted molar refractivity (Wildman–Crippen MR) is 71.5 cm³/mol. The molecule has 0 atom stereocenters. The Morgan fingerprint density at radius 1 is 1.24 bits per heavy atom. The number of benzene rings is 1. The molecule has 1 aliphatic heterocycles. The molecule has 0 spiro atoms. The number of piperazine rings is 1. The quantitative estimate of drug-likeness (QED) is 0.855. The maximum Gasteiger partial charge on any atom is 0.0662 e. The van der Waals surface area contributed by atoms with Crippen molar-refractivity contribution in [3.8, 4) is 0 Å². The van der Waals surface area contributed by atoms with Gasteiger partial charge in [0.2, 0.25) is 0 Å². The highest BCUT2D eigenvalue weighted by Gasteiger charge is 2.13. The number of hydrogen-bond donors (Lipinski definition) is 2. The summed E-state index contributed by atoms with van der Waals surface area (Å²) in [6.07, 6.45) is 1.87. The monoisotopic (exact) mass is 249 g/mol. The van der Waals surface area contributed by atoms with Crippen LogP contribution in [0, 0.1) is 0 Å². The van der Waals surface area contributed by atoms with Gasteiger partial charge in [0.25, 0.3) is 0 Å². The molecule has 0 aliphatic carbocycles. The van der Waals surface area contributed by atoms with E-state index in [9.17, 15) is 0 Å². The van der Waals surface area contributed by atoms with Crippen LogP contribution in [0.15, 0.2) is 24.4 Å². The summed E-state index contributed by atoms with van der Waals surface area (Å²) in [7, 11) is 0. The van der Waals surface area contributed by atoms with Crippen LogP contribution in [0.2, 0.25) is 5.02 Å². The molecule has 3 rings (SSSR count). The lowest BCUT2D eigenvalue weighted by Crippen LogP contribution is -2.42. The predicted octanol–water partition coefficient (Wildman–Crippen LogP) is 2.23. The summed E-state index contributed by atoms with van der Waals surface area (Å²) in [6.45, 7) is 5.36. The van der Waals surface area contributed by atoms with E-state index in [2.05, 4.69) is 33.4 Å². The molecule has 1 saturated heterocycles. The second-order valence-corrected chi connectivity index (χ2v) is 4.91. The maximum absolute atomic E-state index is 6.23. The molecule has 90 valence electrons. The molecular formula is C13H16ClN3. The van der Waals surface area contributed by atoms with Crippen molar-refractivity contribution >= 4 is 22.5 Å². The average molecular weight is 250 g/mol. The van der Waals surface area contributed by atoms with Gasteiger partial charge in [0.05, 0.1) is 5.02 Å². The number of nitrogens with one attached hydrogen (secondary N) is 2. The number of hydrogen-bond acceptors (Lipinski definition) is 2.